The van der Waals surface area contributed by atoms with Gasteiger partial charge in [0.15, 0.2) is 11.6 Å². The Hall–Kier alpha value is -2.64. The van der Waals surface area contributed by atoms with Gasteiger partial charge in [-0.3, -0.25) is 19.0 Å². The average molecular weight is 377 g/mol. The molecule has 0 spiro atoms. The van der Waals surface area contributed by atoms with E-state index >= 15 is 0 Å². The maximum absolute atomic E-state index is 11.3. The largest absolute Gasteiger partial charge is 0.309 e. The topological polar surface area (TPSA) is 93.8 Å². The Morgan fingerprint density at radius 3 is 1.63 bits per heavy atom. The lowest BCUT2D eigenvalue weighted by molar-refractivity contribution is -0.117. The molecular weight excluding hydrogens is 344 g/mol. The number of anilines is 2. The van der Waals surface area contributed by atoms with Crippen LogP contribution >= 0.6 is 0 Å². The number of rotatable bonds is 7. The first-order chi connectivity index (χ1) is 12.8. The van der Waals surface area contributed by atoms with Gasteiger partial charge in [-0.1, -0.05) is 20.3 Å². The molecule has 2 N–H and O–H groups in total. The van der Waals surface area contributed by atoms with Crippen LogP contribution in [0.3, 0.4) is 0 Å². The van der Waals surface area contributed by atoms with Crippen molar-refractivity contribution in [2.75, 3.05) is 10.6 Å². The van der Waals surface area contributed by atoms with E-state index in [0.29, 0.717) is 24.5 Å². The van der Waals surface area contributed by atoms with Crippen molar-refractivity contribution in [2.24, 2.45) is 14.1 Å². The van der Waals surface area contributed by atoms with E-state index in [4.69, 9.17) is 0 Å². The predicted molar refractivity (Wildman–Crippen MR) is 108 cm³/mol. The zero-order chi connectivity index (χ0) is 20.4. The van der Waals surface area contributed by atoms with E-state index in [1.807, 2.05) is 47.0 Å². The van der Waals surface area contributed by atoms with Gasteiger partial charge in [0.2, 0.25) is 11.8 Å². The number of hydrogen-bond acceptors (Lipinski definition) is 4. The summed E-state index contributed by atoms with van der Waals surface area (Å²) in [6, 6.07) is 3.72. The fraction of sp³-hybridized carbons (Fsp3) is 0.579. The monoisotopic (exact) mass is 376 g/mol. The molecule has 0 unspecified atom stereocenters. The number of amides is 2. The van der Waals surface area contributed by atoms with Gasteiger partial charge in [0, 0.05) is 50.5 Å². The van der Waals surface area contributed by atoms with Gasteiger partial charge >= 0.3 is 0 Å². The van der Waals surface area contributed by atoms with Crippen LogP contribution in [0.4, 0.5) is 11.6 Å². The number of nitrogens with zero attached hydrogens (tertiary/aromatic N) is 4. The van der Waals surface area contributed by atoms with Crippen LogP contribution in [0.2, 0.25) is 0 Å². The Morgan fingerprint density at radius 2 is 1.30 bits per heavy atom. The van der Waals surface area contributed by atoms with Gasteiger partial charge in [-0.05, 0) is 26.7 Å². The van der Waals surface area contributed by atoms with E-state index in [2.05, 4.69) is 27.8 Å². The number of unbranched alkanes of at least 4 members (excludes halogenated alkanes) is 1. The molecule has 0 bridgehead atoms. The molecule has 0 aromatic carbocycles. The van der Waals surface area contributed by atoms with E-state index in [1.54, 1.807) is 9.36 Å². The second-order valence-electron chi connectivity index (χ2n) is 6.54. The summed E-state index contributed by atoms with van der Waals surface area (Å²) in [7, 11) is 3.71. The molecule has 0 saturated heterocycles. The zero-order valence-electron chi connectivity index (χ0n) is 17.3. The molecule has 150 valence electrons. The van der Waals surface area contributed by atoms with Crippen molar-refractivity contribution in [2.45, 2.75) is 59.8 Å². The van der Waals surface area contributed by atoms with Crippen molar-refractivity contribution in [1.82, 2.24) is 19.6 Å². The molecule has 8 heteroatoms. The van der Waals surface area contributed by atoms with E-state index in [1.165, 1.54) is 0 Å². The molecule has 0 saturated carbocycles. The maximum Gasteiger partial charge on any atom is 0.225 e. The molecular formula is C19H32N6O2. The van der Waals surface area contributed by atoms with Crippen molar-refractivity contribution in [1.29, 1.82) is 0 Å². The molecule has 2 aromatic rings. The SMILES string of the molecule is CCCC(=O)Nc1cc(C)n(C)n1.CCCCC(=O)Nc1cc(C)n(C)n1. The van der Waals surface area contributed by atoms with Crippen molar-refractivity contribution in [3.8, 4) is 0 Å². The summed E-state index contributed by atoms with van der Waals surface area (Å²) in [4.78, 5) is 22.5. The van der Waals surface area contributed by atoms with Gasteiger partial charge in [0.1, 0.15) is 0 Å². The molecule has 0 radical (unpaired) electrons. The third-order valence-corrected chi connectivity index (χ3v) is 4.00. The molecule has 0 fully saturated rings. The van der Waals surface area contributed by atoms with E-state index in [-0.39, 0.29) is 11.8 Å². The average Bonchev–Trinajstić information content (AvgIpc) is 3.07. The van der Waals surface area contributed by atoms with Gasteiger partial charge in [0.25, 0.3) is 0 Å². The first-order valence-electron chi connectivity index (χ1n) is 9.37. The number of nitrogens with one attached hydrogen (secondary N) is 2. The Labute approximate surface area is 161 Å². The smallest absolute Gasteiger partial charge is 0.225 e. The zero-order valence-corrected chi connectivity index (χ0v) is 17.3. The lowest BCUT2D eigenvalue weighted by Crippen LogP contribution is -2.11. The van der Waals surface area contributed by atoms with Crippen molar-refractivity contribution < 1.29 is 9.59 Å². The minimum atomic E-state index is 0.0283. The maximum atomic E-state index is 11.3. The van der Waals surface area contributed by atoms with Crippen molar-refractivity contribution in [3.05, 3.63) is 23.5 Å². The van der Waals surface area contributed by atoms with Crippen LogP contribution in [0.5, 0.6) is 0 Å². The van der Waals surface area contributed by atoms with Crippen LogP contribution in [0.25, 0.3) is 0 Å². The number of aromatic nitrogens is 4. The summed E-state index contributed by atoms with van der Waals surface area (Å²) >= 11 is 0. The third-order valence-electron chi connectivity index (χ3n) is 4.00. The normalized spacial score (nSPS) is 10.1. The molecule has 2 amide bonds. The fourth-order valence-corrected chi connectivity index (χ4v) is 2.22. The summed E-state index contributed by atoms with van der Waals surface area (Å²) in [6.07, 6.45) is 3.95. The number of carbonyl (C=O) groups excluding carboxylic acids is 2. The minimum absolute atomic E-state index is 0.0283. The lowest BCUT2D eigenvalue weighted by Gasteiger charge is -1.99. The van der Waals surface area contributed by atoms with E-state index in [0.717, 1.165) is 30.7 Å². The Balaban J connectivity index is 0.000000271. The van der Waals surface area contributed by atoms with Crippen molar-refractivity contribution in [3.63, 3.8) is 0 Å². The first kappa shape index (κ1) is 22.4. The Bertz CT molecular complexity index is 708. The molecule has 0 aliphatic heterocycles. The van der Waals surface area contributed by atoms with Crippen LogP contribution in [-0.2, 0) is 23.7 Å². The van der Waals surface area contributed by atoms with Gasteiger partial charge in [-0.2, -0.15) is 10.2 Å². The predicted octanol–water partition coefficient (Wildman–Crippen LogP) is 3.32. The van der Waals surface area contributed by atoms with Crippen LogP contribution in [-0.4, -0.2) is 31.4 Å². The first-order valence-corrected chi connectivity index (χ1v) is 9.37. The third kappa shape index (κ3) is 8.06. The molecule has 0 atom stereocenters. The summed E-state index contributed by atoms with van der Waals surface area (Å²) < 4.78 is 3.48. The summed E-state index contributed by atoms with van der Waals surface area (Å²) in [5, 5.41) is 13.8. The van der Waals surface area contributed by atoms with Gasteiger partial charge < -0.3 is 10.6 Å². The Morgan fingerprint density at radius 1 is 0.852 bits per heavy atom. The lowest BCUT2D eigenvalue weighted by atomic mass is 10.2. The number of carbonyl (C=O) groups is 2. The molecule has 0 aliphatic carbocycles. The fourth-order valence-electron chi connectivity index (χ4n) is 2.22. The molecule has 2 heterocycles. The summed E-state index contributed by atoms with van der Waals surface area (Å²) in [5.41, 5.74) is 2.07. The van der Waals surface area contributed by atoms with Gasteiger partial charge in [0.05, 0.1) is 0 Å². The summed E-state index contributed by atoms with van der Waals surface area (Å²) in [5.74, 6) is 1.36. The molecule has 27 heavy (non-hydrogen) atoms. The van der Waals surface area contributed by atoms with Crippen LogP contribution in [0.1, 0.15) is 57.3 Å². The highest BCUT2D eigenvalue weighted by molar-refractivity contribution is 5.90. The highest BCUT2D eigenvalue weighted by Crippen LogP contribution is 2.08. The quantitative estimate of drug-likeness (QED) is 0.775. The summed E-state index contributed by atoms with van der Waals surface area (Å²) in [6.45, 7) is 7.94. The van der Waals surface area contributed by atoms with Gasteiger partial charge in [-0.25, -0.2) is 0 Å². The highest BCUT2D eigenvalue weighted by Gasteiger charge is 2.05. The van der Waals surface area contributed by atoms with Crippen LogP contribution in [0.15, 0.2) is 12.1 Å². The number of hydrogen-bond donors (Lipinski definition) is 2. The minimum Gasteiger partial charge on any atom is -0.309 e. The van der Waals surface area contributed by atoms with Crippen LogP contribution in [0, 0.1) is 13.8 Å². The van der Waals surface area contributed by atoms with Crippen molar-refractivity contribution >= 4 is 23.5 Å². The second-order valence-corrected chi connectivity index (χ2v) is 6.54. The second kappa shape index (κ2) is 11.2. The molecule has 2 rings (SSSR count). The van der Waals surface area contributed by atoms with E-state index in [9.17, 15) is 9.59 Å². The molecule has 2 aromatic heterocycles. The Kier molecular flexibility index (Phi) is 9.25. The molecule has 0 aliphatic rings. The van der Waals surface area contributed by atoms with Crippen LogP contribution < -0.4 is 10.6 Å². The standard InChI is InChI=1S/C10H17N3O.C9H15N3O/c1-4-5-6-10(14)11-9-7-8(2)13(3)12-9;1-4-5-9(13)10-8-6-7(2)12(3)11-8/h7H,4-6H2,1-3H3,(H,11,12,14);6H,4-5H2,1-3H3,(H,10,11,13). The number of aryl methyl sites for hydroxylation is 4. The van der Waals surface area contributed by atoms with E-state index < -0.39 is 0 Å². The highest BCUT2D eigenvalue weighted by atomic mass is 16.2. The van der Waals surface area contributed by atoms with Gasteiger partial charge in [-0.15, -0.1) is 0 Å². The molecule has 8 nitrogen and oxygen atoms in total.